The van der Waals surface area contributed by atoms with Crippen molar-refractivity contribution in [1.82, 2.24) is 4.90 Å². The van der Waals surface area contributed by atoms with E-state index in [1.54, 1.807) is 13.8 Å². The number of nitro groups is 1. The number of carbonyl (C=O) groups excluding carboxylic acids is 1. The number of amides is 1. The third-order valence-corrected chi connectivity index (χ3v) is 4.28. The molecule has 0 atom stereocenters. The Balaban J connectivity index is 3.62. The van der Waals surface area contributed by atoms with Gasteiger partial charge in [0.2, 0.25) is 10.0 Å². The fraction of sp³-hybridized carbons (Fsp3) is 0.364. The zero-order valence-electron chi connectivity index (χ0n) is 11.4. The molecule has 0 heterocycles. The minimum atomic E-state index is -4.29. The van der Waals surface area contributed by atoms with Gasteiger partial charge < -0.3 is 4.90 Å². The first kappa shape index (κ1) is 17.3. The number of halogens is 1. The van der Waals surface area contributed by atoms with Crippen LogP contribution in [0.5, 0.6) is 0 Å². The summed E-state index contributed by atoms with van der Waals surface area (Å²) in [6, 6.07) is 1.67. The van der Waals surface area contributed by atoms with E-state index >= 15 is 0 Å². The molecule has 1 aromatic rings. The number of benzene rings is 1. The second kappa shape index (κ2) is 6.37. The van der Waals surface area contributed by atoms with Crippen LogP contribution in [0.3, 0.4) is 0 Å². The van der Waals surface area contributed by atoms with Gasteiger partial charge in [-0.2, -0.15) is 0 Å². The summed E-state index contributed by atoms with van der Waals surface area (Å²) < 4.78 is 22.9. The van der Waals surface area contributed by atoms with E-state index < -0.39 is 36.5 Å². The summed E-state index contributed by atoms with van der Waals surface area (Å²) in [5.74, 6) is -0.599. The van der Waals surface area contributed by atoms with Gasteiger partial charge in [-0.05, 0) is 13.8 Å². The number of carbonyl (C=O) groups is 1. The number of sulfonamides is 1. The SMILES string of the molecule is CCN(CC)C(=O)c1cc([N+](=O)[O-])cc(S(N)(=O)=O)c1Cl. The van der Waals surface area contributed by atoms with Crippen LogP contribution in [0.25, 0.3) is 0 Å². The Morgan fingerprint density at radius 1 is 1.38 bits per heavy atom. The van der Waals surface area contributed by atoms with Crippen molar-refractivity contribution in [2.75, 3.05) is 13.1 Å². The molecule has 0 aliphatic carbocycles. The van der Waals surface area contributed by atoms with Crippen molar-refractivity contribution in [3.63, 3.8) is 0 Å². The molecule has 0 fully saturated rings. The maximum absolute atomic E-state index is 12.3. The smallest absolute Gasteiger partial charge is 0.271 e. The monoisotopic (exact) mass is 335 g/mol. The van der Waals surface area contributed by atoms with E-state index in [0.717, 1.165) is 12.1 Å². The molecule has 0 aromatic heterocycles. The molecular formula is C11H14ClN3O5S. The van der Waals surface area contributed by atoms with Crippen molar-refractivity contribution in [2.24, 2.45) is 5.14 Å². The van der Waals surface area contributed by atoms with E-state index in [1.807, 2.05) is 0 Å². The van der Waals surface area contributed by atoms with Crippen LogP contribution in [0.15, 0.2) is 17.0 Å². The Morgan fingerprint density at radius 2 is 1.90 bits per heavy atom. The molecule has 116 valence electrons. The van der Waals surface area contributed by atoms with Crippen molar-refractivity contribution in [3.05, 3.63) is 32.8 Å². The normalized spacial score (nSPS) is 11.2. The summed E-state index contributed by atoms with van der Waals surface area (Å²) in [7, 11) is -4.29. The Labute approximate surface area is 126 Å². The Hall–Kier alpha value is -1.71. The van der Waals surface area contributed by atoms with Crippen LogP contribution in [0.4, 0.5) is 5.69 Å². The van der Waals surface area contributed by atoms with E-state index in [0.29, 0.717) is 13.1 Å². The van der Waals surface area contributed by atoms with Crippen LogP contribution in [-0.4, -0.2) is 37.2 Å². The van der Waals surface area contributed by atoms with Crippen molar-refractivity contribution in [1.29, 1.82) is 0 Å². The summed E-state index contributed by atoms with van der Waals surface area (Å²) in [6.07, 6.45) is 0. The zero-order chi connectivity index (χ0) is 16.4. The highest BCUT2D eigenvalue weighted by atomic mass is 35.5. The second-order valence-corrected chi connectivity index (χ2v) is 5.99. The lowest BCUT2D eigenvalue weighted by Crippen LogP contribution is -2.31. The molecule has 0 radical (unpaired) electrons. The average molecular weight is 336 g/mol. The van der Waals surface area contributed by atoms with Crippen LogP contribution < -0.4 is 5.14 Å². The minimum absolute atomic E-state index is 0.265. The molecule has 0 saturated heterocycles. The lowest BCUT2D eigenvalue weighted by atomic mass is 10.1. The van der Waals surface area contributed by atoms with Crippen molar-refractivity contribution < 1.29 is 18.1 Å². The average Bonchev–Trinajstić information content (AvgIpc) is 2.38. The van der Waals surface area contributed by atoms with Gasteiger partial charge in [0.25, 0.3) is 11.6 Å². The molecule has 1 rings (SSSR count). The van der Waals surface area contributed by atoms with Gasteiger partial charge in [-0.25, -0.2) is 13.6 Å². The highest BCUT2D eigenvalue weighted by Gasteiger charge is 2.26. The molecule has 8 nitrogen and oxygen atoms in total. The second-order valence-electron chi connectivity index (χ2n) is 4.09. The van der Waals surface area contributed by atoms with Gasteiger partial charge in [0, 0.05) is 25.2 Å². The Kier molecular flexibility index (Phi) is 5.26. The molecule has 0 aliphatic heterocycles. The van der Waals surface area contributed by atoms with Gasteiger partial charge in [-0.15, -0.1) is 0 Å². The number of nitrogens with zero attached hydrogens (tertiary/aromatic N) is 2. The van der Waals surface area contributed by atoms with Crippen LogP contribution in [-0.2, 0) is 10.0 Å². The van der Waals surface area contributed by atoms with E-state index in [2.05, 4.69) is 0 Å². The minimum Gasteiger partial charge on any atom is -0.339 e. The topological polar surface area (TPSA) is 124 Å². The predicted octanol–water partition coefficient (Wildman–Crippen LogP) is 1.38. The molecule has 1 amide bonds. The standard InChI is InChI=1S/C11H14ClN3O5S/c1-3-14(4-2)11(16)8-5-7(15(17)18)6-9(10(8)12)21(13,19)20/h5-6H,3-4H2,1-2H3,(H2,13,19,20). The van der Waals surface area contributed by atoms with Crippen molar-refractivity contribution in [2.45, 2.75) is 18.7 Å². The molecule has 0 saturated carbocycles. The Bertz CT molecular complexity index is 685. The first-order valence-corrected chi connectivity index (χ1v) is 7.85. The quantitative estimate of drug-likeness (QED) is 0.643. The van der Waals surface area contributed by atoms with Crippen molar-refractivity contribution >= 4 is 33.2 Å². The molecule has 2 N–H and O–H groups in total. The highest BCUT2D eigenvalue weighted by Crippen LogP contribution is 2.30. The van der Waals surface area contributed by atoms with Gasteiger partial charge in [-0.1, -0.05) is 11.6 Å². The number of hydrogen-bond donors (Lipinski definition) is 1. The Morgan fingerprint density at radius 3 is 2.29 bits per heavy atom. The fourth-order valence-corrected chi connectivity index (χ4v) is 2.89. The van der Waals surface area contributed by atoms with Crippen LogP contribution >= 0.6 is 11.6 Å². The number of hydrogen-bond acceptors (Lipinski definition) is 5. The van der Waals surface area contributed by atoms with E-state index in [9.17, 15) is 23.3 Å². The number of primary sulfonamides is 1. The summed E-state index contributed by atoms with van der Waals surface area (Å²) in [6.45, 7) is 4.12. The molecule has 10 heteroatoms. The number of non-ortho nitro benzene ring substituents is 1. The van der Waals surface area contributed by atoms with E-state index in [-0.39, 0.29) is 5.56 Å². The number of nitro benzene ring substituents is 1. The van der Waals surface area contributed by atoms with Gasteiger partial charge in [-0.3, -0.25) is 14.9 Å². The first-order valence-electron chi connectivity index (χ1n) is 5.93. The molecule has 21 heavy (non-hydrogen) atoms. The van der Waals surface area contributed by atoms with Gasteiger partial charge in [0.05, 0.1) is 15.5 Å². The third kappa shape index (κ3) is 3.69. The molecule has 0 bridgehead atoms. The summed E-state index contributed by atoms with van der Waals surface area (Å²) in [4.78, 5) is 23.0. The summed E-state index contributed by atoms with van der Waals surface area (Å²) >= 11 is 5.89. The maximum atomic E-state index is 12.3. The number of rotatable bonds is 5. The zero-order valence-corrected chi connectivity index (χ0v) is 12.9. The molecule has 0 aliphatic rings. The summed E-state index contributed by atoms with van der Waals surface area (Å²) in [5, 5.41) is 15.4. The fourth-order valence-electron chi connectivity index (χ4n) is 1.73. The lowest BCUT2D eigenvalue weighted by Gasteiger charge is -2.19. The lowest BCUT2D eigenvalue weighted by molar-refractivity contribution is -0.385. The molecule has 1 aromatic carbocycles. The number of nitrogens with two attached hydrogens (primary N) is 1. The van der Waals surface area contributed by atoms with E-state index in [4.69, 9.17) is 16.7 Å². The molecule has 0 spiro atoms. The largest absolute Gasteiger partial charge is 0.339 e. The summed E-state index contributed by atoms with van der Waals surface area (Å²) in [5.41, 5.74) is -0.836. The van der Waals surface area contributed by atoms with Gasteiger partial charge in [0.15, 0.2) is 0 Å². The van der Waals surface area contributed by atoms with Crippen LogP contribution in [0.1, 0.15) is 24.2 Å². The van der Waals surface area contributed by atoms with Crippen LogP contribution in [0.2, 0.25) is 5.02 Å². The van der Waals surface area contributed by atoms with E-state index in [1.165, 1.54) is 4.90 Å². The molecular weight excluding hydrogens is 322 g/mol. The highest BCUT2D eigenvalue weighted by molar-refractivity contribution is 7.89. The third-order valence-electron chi connectivity index (χ3n) is 2.82. The molecule has 0 unspecified atom stereocenters. The van der Waals surface area contributed by atoms with Crippen LogP contribution in [0, 0.1) is 10.1 Å². The van der Waals surface area contributed by atoms with Gasteiger partial charge in [0.1, 0.15) is 4.90 Å². The van der Waals surface area contributed by atoms with Crippen molar-refractivity contribution in [3.8, 4) is 0 Å². The van der Waals surface area contributed by atoms with Gasteiger partial charge >= 0.3 is 0 Å². The maximum Gasteiger partial charge on any atom is 0.271 e. The first-order chi connectivity index (χ1) is 9.63. The predicted molar refractivity (Wildman–Crippen MR) is 76.7 cm³/mol.